The van der Waals surface area contributed by atoms with Crippen LogP contribution >= 0.6 is 0 Å². The highest BCUT2D eigenvalue weighted by molar-refractivity contribution is 5.42. The summed E-state index contributed by atoms with van der Waals surface area (Å²) < 4.78 is 60.0. The zero-order valence-corrected chi connectivity index (χ0v) is 17.8. The molecule has 0 bridgehead atoms. The van der Waals surface area contributed by atoms with E-state index < -0.39 is 18.8 Å². The molecule has 0 unspecified atom stereocenters. The Morgan fingerprint density at radius 3 is 2.03 bits per heavy atom. The lowest BCUT2D eigenvalue weighted by Crippen LogP contribution is -2.38. The Balaban J connectivity index is 2.44. The first-order valence-corrected chi connectivity index (χ1v) is 9.89. The van der Waals surface area contributed by atoms with E-state index in [0.29, 0.717) is 11.3 Å². The maximum absolute atomic E-state index is 12.5. The fourth-order valence-corrected chi connectivity index (χ4v) is 3.16. The van der Waals surface area contributed by atoms with Crippen molar-refractivity contribution in [2.24, 2.45) is 0 Å². The van der Waals surface area contributed by atoms with Gasteiger partial charge in [-0.25, -0.2) is 0 Å². The third-order valence-electron chi connectivity index (χ3n) is 4.50. The van der Waals surface area contributed by atoms with Gasteiger partial charge in [-0.05, 0) is 60.4 Å². The molecule has 2 aromatic carbocycles. The van der Waals surface area contributed by atoms with Crippen LogP contribution in [0.3, 0.4) is 0 Å². The van der Waals surface area contributed by atoms with Gasteiger partial charge in [-0.3, -0.25) is 0 Å². The highest BCUT2D eigenvalue weighted by Crippen LogP contribution is 2.36. The molecular formula is C23H28F3O4. The van der Waals surface area contributed by atoms with Crippen molar-refractivity contribution in [2.75, 3.05) is 20.8 Å². The van der Waals surface area contributed by atoms with Crippen LogP contribution in [0.15, 0.2) is 36.4 Å². The van der Waals surface area contributed by atoms with Crippen LogP contribution in [-0.2, 0) is 28.3 Å². The summed E-state index contributed by atoms with van der Waals surface area (Å²) in [5, 5.41) is 0. The summed E-state index contributed by atoms with van der Waals surface area (Å²) in [6.45, 7) is 2.75. The van der Waals surface area contributed by atoms with Gasteiger partial charge < -0.3 is 18.9 Å². The number of hydrogen-bond donors (Lipinski definition) is 0. The van der Waals surface area contributed by atoms with Gasteiger partial charge in [0.05, 0.1) is 5.56 Å². The molecule has 0 spiro atoms. The Morgan fingerprint density at radius 1 is 0.933 bits per heavy atom. The monoisotopic (exact) mass is 425 g/mol. The van der Waals surface area contributed by atoms with Gasteiger partial charge in [0.1, 0.15) is 11.5 Å². The Morgan fingerprint density at radius 2 is 1.53 bits per heavy atom. The molecular weight excluding hydrogens is 397 g/mol. The summed E-state index contributed by atoms with van der Waals surface area (Å²) in [5.41, 5.74) is 2.31. The molecule has 7 heteroatoms. The van der Waals surface area contributed by atoms with Gasteiger partial charge >= 0.3 is 12.1 Å². The lowest BCUT2D eigenvalue weighted by molar-refractivity contribution is -0.334. The molecule has 0 saturated heterocycles. The second kappa shape index (κ2) is 10.7. The van der Waals surface area contributed by atoms with E-state index in [2.05, 4.69) is 19.9 Å². The van der Waals surface area contributed by atoms with Gasteiger partial charge in [0.25, 0.3) is 0 Å². The number of benzene rings is 2. The topological polar surface area (TPSA) is 36.9 Å². The fourth-order valence-electron chi connectivity index (χ4n) is 3.16. The summed E-state index contributed by atoms with van der Waals surface area (Å²) in [6, 6.07) is 13.0. The van der Waals surface area contributed by atoms with Gasteiger partial charge in [0, 0.05) is 14.2 Å². The number of methoxy groups -OCH3 is 2. The second-order valence-electron chi connectivity index (χ2n) is 6.83. The molecule has 0 N–H and O–H groups in total. The summed E-state index contributed by atoms with van der Waals surface area (Å²) in [4.78, 5) is 0. The largest absolute Gasteiger partial charge is 0.484 e. The van der Waals surface area contributed by atoms with Crippen LogP contribution in [0.5, 0.6) is 11.5 Å². The smallest absolute Gasteiger partial charge is 0.422 e. The minimum Gasteiger partial charge on any atom is -0.484 e. The zero-order chi connectivity index (χ0) is 22.2. The van der Waals surface area contributed by atoms with Crippen LogP contribution in [0, 0.1) is 6.07 Å². The van der Waals surface area contributed by atoms with Gasteiger partial charge in [-0.2, -0.15) is 13.2 Å². The van der Waals surface area contributed by atoms with Gasteiger partial charge in [-0.1, -0.05) is 32.8 Å². The molecule has 0 aliphatic carbocycles. The number of halogens is 3. The molecule has 30 heavy (non-hydrogen) atoms. The number of hydrogen-bond acceptors (Lipinski definition) is 4. The molecule has 2 rings (SSSR count). The van der Waals surface area contributed by atoms with Gasteiger partial charge in [-0.15, -0.1) is 0 Å². The second-order valence-corrected chi connectivity index (χ2v) is 6.83. The number of rotatable bonds is 11. The van der Waals surface area contributed by atoms with Crippen molar-refractivity contribution in [3.8, 4) is 11.5 Å². The summed E-state index contributed by atoms with van der Waals surface area (Å²) >= 11 is 0. The molecule has 0 heterocycles. The Hall–Kier alpha value is -2.25. The highest BCUT2D eigenvalue weighted by Gasteiger charge is 2.37. The molecule has 2 aromatic rings. The van der Waals surface area contributed by atoms with E-state index in [1.165, 1.54) is 26.4 Å². The summed E-state index contributed by atoms with van der Waals surface area (Å²) in [7, 11) is 2.83. The van der Waals surface area contributed by atoms with Crippen LogP contribution in [0.25, 0.3) is 0 Å². The van der Waals surface area contributed by atoms with E-state index >= 15 is 0 Å². The third kappa shape index (κ3) is 6.12. The minimum absolute atomic E-state index is 0.0378. The average Bonchev–Trinajstić information content (AvgIpc) is 2.72. The lowest BCUT2D eigenvalue weighted by atomic mass is 10.0. The molecule has 165 valence electrons. The first-order chi connectivity index (χ1) is 14.3. The van der Waals surface area contributed by atoms with Gasteiger partial charge in [0.15, 0.2) is 6.61 Å². The Kier molecular flexibility index (Phi) is 8.55. The van der Waals surface area contributed by atoms with E-state index in [9.17, 15) is 13.2 Å². The van der Waals surface area contributed by atoms with Crippen LogP contribution in [-0.4, -0.2) is 27.0 Å². The standard InChI is InChI=1S/C23H28F3O4/c1-5-9-17-11-7-12-18(10-6-2)21(17)30-23(27-3,28-4)19-13-8-14-20(15-19)29-16-22(24,25)26/h8,11-15H,5-6,9-10,16H2,1-4H3. The van der Waals surface area contributed by atoms with E-state index in [1.807, 2.05) is 12.1 Å². The van der Waals surface area contributed by atoms with E-state index in [4.69, 9.17) is 18.9 Å². The highest BCUT2D eigenvalue weighted by atomic mass is 19.4. The Bertz CT molecular complexity index is 777. The van der Waals surface area contributed by atoms with E-state index in [1.54, 1.807) is 12.1 Å². The third-order valence-corrected chi connectivity index (χ3v) is 4.50. The molecule has 0 fully saturated rings. The molecule has 0 aromatic heterocycles. The minimum atomic E-state index is -4.43. The van der Waals surface area contributed by atoms with Crippen LogP contribution in [0.2, 0.25) is 0 Å². The first-order valence-electron chi connectivity index (χ1n) is 9.89. The van der Waals surface area contributed by atoms with Crippen molar-refractivity contribution in [2.45, 2.75) is 51.7 Å². The maximum atomic E-state index is 12.5. The van der Waals surface area contributed by atoms with Crippen molar-refractivity contribution in [3.05, 3.63) is 59.2 Å². The quantitative estimate of drug-likeness (QED) is 0.426. The van der Waals surface area contributed by atoms with Crippen LogP contribution in [0.1, 0.15) is 43.4 Å². The molecule has 0 aliphatic heterocycles. The molecule has 0 amide bonds. The van der Waals surface area contributed by atoms with E-state index in [-0.39, 0.29) is 5.75 Å². The SMILES string of the molecule is CCCc1c[c]cc(CCC)c1OC(OC)(OC)c1cccc(OCC(F)(F)F)c1. The molecule has 0 aliphatic rings. The molecule has 4 nitrogen and oxygen atoms in total. The van der Waals surface area contributed by atoms with Gasteiger partial charge in [0.2, 0.25) is 0 Å². The number of alkyl halides is 3. The van der Waals surface area contributed by atoms with Crippen molar-refractivity contribution >= 4 is 0 Å². The first kappa shape index (κ1) is 24.0. The van der Waals surface area contributed by atoms with Crippen molar-refractivity contribution in [1.29, 1.82) is 0 Å². The van der Waals surface area contributed by atoms with Crippen molar-refractivity contribution < 1.29 is 32.1 Å². The number of ether oxygens (including phenoxy) is 4. The summed E-state index contributed by atoms with van der Waals surface area (Å²) in [5.74, 6) is -0.970. The fraction of sp³-hybridized carbons (Fsp3) is 0.478. The average molecular weight is 425 g/mol. The molecule has 0 saturated carbocycles. The predicted molar refractivity (Wildman–Crippen MR) is 108 cm³/mol. The summed E-state index contributed by atoms with van der Waals surface area (Å²) in [6.07, 6.45) is -1.05. The van der Waals surface area contributed by atoms with E-state index in [0.717, 1.165) is 36.8 Å². The normalized spacial score (nSPS) is 12.1. The maximum Gasteiger partial charge on any atom is 0.422 e. The van der Waals surface area contributed by atoms with Crippen molar-refractivity contribution in [1.82, 2.24) is 0 Å². The van der Waals surface area contributed by atoms with Crippen LogP contribution in [0.4, 0.5) is 13.2 Å². The predicted octanol–water partition coefficient (Wildman–Crippen LogP) is 5.81. The van der Waals surface area contributed by atoms with Crippen LogP contribution < -0.4 is 9.47 Å². The lowest BCUT2D eigenvalue weighted by Gasteiger charge is -2.33. The molecule has 1 radical (unpaired) electrons. The molecule has 0 atom stereocenters. The number of aryl methyl sites for hydroxylation is 2. The Labute approximate surface area is 175 Å². The van der Waals surface area contributed by atoms with Crippen molar-refractivity contribution in [3.63, 3.8) is 0 Å². The zero-order valence-electron chi connectivity index (χ0n) is 17.8.